The van der Waals surface area contributed by atoms with E-state index in [0.717, 1.165) is 24.7 Å². The summed E-state index contributed by atoms with van der Waals surface area (Å²) in [6, 6.07) is 3.46. The third-order valence-corrected chi connectivity index (χ3v) is 4.82. The van der Waals surface area contributed by atoms with E-state index < -0.39 is 0 Å². The standard InChI is InChI=1S/C15H15ClO3/c16-12-7-14-13(18-1-2-19-14)6-11(12)15(17)10-4-8-3-9(8)5-10/h6-10H,1-5H2. The first kappa shape index (κ1) is 11.6. The van der Waals surface area contributed by atoms with E-state index in [4.69, 9.17) is 21.1 Å². The van der Waals surface area contributed by atoms with Crippen molar-refractivity contribution in [2.75, 3.05) is 13.2 Å². The summed E-state index contributed by atoms with van der Waals surface area (Å²) in [5, 5.41) is 0.481. The van der Waals surface area contributed by atoms with Gasteiger partial charge in [0.2, 0.25) is 0 Å². The summed E-state index contributed by atoms with van der Waals surface area (Å²) in [6.45, 7) is 1.05. The normalized spacial score (nSPS) is 30.9. The van der Waals surface area contributed by atoms with Crippen LogP contribution in [0.3, 0.4) is 0 Å². The Morgan fingerprint density at radius 3 is 2.37 bits per heavy atom. The van der Waals surface area contributed by atoms with Crippen molar-refractivity contribution < 1.29 is 14.3 Å². The van der Waals surface area contributed by atoms with Crippen LogP contribution in [0.1, 0.15) is 29.6 Å². The monoisotopic (exact) mass is 278 g/mol. The lowest BCUT2D eigenvalue weighted by molar-refractivity contribution is 0.0913. The fourth-order valence-electron chi connectivity index (χ4n) is 3.40. The number of Topliss-reactive ketones (excluding diaryl/α,β-unsaturated/α-hetero) is 1. The predicted molar refractivity (Wildman–Crippen MR) is 71.1 cm³/mol. The van der Waals surface area contributed by atoms with Gasteiger partial charge in [-0.3, -0.25) is 4.79 Å². The summed E-state index contributed by atoms with van der Waals surface area (Å²) in [4.78, 5) is 12.5. The molecule has 0 N–H and O–H groups in total. The molecule has 2 aliphatic carbocycles. The number of carbonyl (C=O) groups excluding carboxylic acids is 1. The van der Waals surface area contributed by atoms with Crippen LogP contribution in [0.2, 0.25) is 5.02 Å². The Hall–Kier alpha value is -1.22. The molecule has 19 heavy (non-hydrogen) atoms. The Morgan fingerprint density at radius 1 is 1.05 bits per heavy atom. The largest absolute Gasteiger partial charge is 0.486 e. The maximum atomic E-state index is 12.5. The second-order valence-corrected chi connectivity index (χ2v) is 6.17. The molecule has 0 bridgehead atoms. The molecule has 3 nitrogen and oxygen atoms in total. The molecule has 2 fully saturated rings. The molecule has 1 heterocycles. The van der Waals surface area contributed by atoms with E-state index in [2.05, 4.69) is 0 Å². The zero-order chi connectivity index (χ0) is 13.0. The van der Waals surface area contributed by atoms with E-state index in [9.17, 15) is 4.79 Å². The van der Waals surface area contributed by atoms with Gasteiger partial charge in [-0.05, 0) is 37.2 Å². The van der Waals surface area contributed by atoms with Crippen LogP contribution in [0.15, 0.2) is 12.1 Å². The molecule has 1 aliphatic heterocycles. The summed E-state index contributed by atoms with van der Waals surface area (Å²) in [5.74, 6) is 3.21. The number of benzene rings is 1. The van der Waals surface area contributed by atoms with E-state index in [-0.39, 0.29) is 11.7 Å². The summed E-state index contributed by atoms with van der Waals surface area (Å²) in [5.41, 5.74) is 0.595. The molecule has 2 unspecified atom stereocenters. The second-order valence-electron chi connectivity index (χ2n) is 5.76. The highest BCUT2D eigenvalue weighted by Gasteiger charge is 2.48. The van der Waals surface area contributed by atoms with Gasteiger partial charge in [0, 0.05) is 17.5 Å². The Kier molecular flexibility index (Phi) is 2.52. The minimum atomic E-state index is 0.156. The topological polar surface area (TPSA) is 35.5 Å². The van der Waals surface area contributed by atoms with Gasteiger partial charge in [0.1, 0.15) is 13.2 Å². The quantitative estimate of drug-likeness (QED) is 0.779. The molecule has 0 spiro atoms. The minimum absolute atomic E-state index is 0.156. The van der Waals surface area contributed by atoms with Gasteiger partial charge in [-0.2, -0.15) is 0 Å². The fourth-order valence-corrected chi connectivity index (χ4v) is 3.65. The van der Waals surface area contributed by atoms with Crippen LogP contribution in [-0.4, -0.2) is 19.0 Å². The molecule has 0 aromatic heterocycles. The lowest BCUT2D eigenvalue weighted by atomic mass is 9.93. The van der Waals surface area contributed by atoms with E-state index in [0.29, 0.717) is 35.3 Å². The van der Waals surface area contributed by atoms with Crippen LogP contribution in [-0.2, 0) is 0 Å². The van der Waals surface area contributed by atoms with Crippen LogP contribution in [0.5, 0.6) is 11.5 Å². The summed E-state index contributed by atoms with van der Waals surface area (Å²) in [7, 11) is 0. The van der Waals surface area contributed by atoms with Gasteiger partial charge in [-0.25, -0.2) is 0 Å². The number of ether oxygens (including phenoxy) is 2. The van der Waals surface area contributed by atoms with Crippen molar-refractivity contribution in [1.82, 2.24) is 0 Å². The molecule has 1 aromatic carbocycles. The molecular weight excluding hydrogens is 264 g/mol. The third-order valence-electron chi connectivity index (χ3n) is 4.51. The first-order valence-electron chi connectivity index (χ1n) is 6.85. The van der Waals surface area contributed by atoms with Gasteiger partial charge in [-0.15, -0.1) is 0 Å². The number of hydrogen-bond donors (Lipinski definition) is 0. The smallest absolute Gasteiger partial charge is 0.167 e. The molecule has 100 valence electrons. The van der Waals surface area contributed by atoms with Gasteiger partial charge in [0.15, 0.2) is 17.3 Å². The number of hydrogen-bond acceptors (Lipinski definition) is 3. The highest BCUT2D eigenvalue weighted by molar-refractivity contribution is 6.34. The predicted octanol–water partition coefficient (Wildman–Crippen LogP) is 3.34. The lowest BCUT2D eigenvalue weighted by Crippen LogP contribution is -2.18. The van der Waals surface area contributed by atoms with Gasteiger partial charge in [-0.1, -0.05) is 11.6 Å². The molecule has 0 radical (unpaired) electrons. The minimum Gasteiger partial charge on any atom is -0.486 e. The van der Waals surface area contributed by atoms with E-state index >= 15 is 0 Å². The molecule has 2 saturated carbocycles. The Balaban J connectivity index is 1.64. The van der Waals surface area contributed by atoms with Crippen molar-refractivity contribution in [1.29, 1.82) is 0 Å². The van der Waals surface area contributed by atoms with Crippen LogP contribution >= 0.6 is 11.6 Å². The SMILES string of the molecule is O=C(c1cc2c(cc1Cl)OCCO2)C1CC2CC2C1. The van der Waals surface area contributed by atoms with E-state index in [1.165, 1.54) is 6.42 Å². The third kappa shape index (κ3) is 1.91. The number of fused-ring (bicyclic) bond motifs is 2. The zero-order valence-electron chi connectivity index (χ0n) is 10.5. The molecule has 0 saturated heterocycles. The van der Waals surface area contributed by atoms with E-state index in [1.54, 1.807) is 12.1 Å². The summed E-state index contributed by atoms with van der Waals surface area (Å²) < 4.78 is 11.0. The lowest BCUT2D eigenvalue weighted by Gasteiger charge is -2.20. The first-order chi connectivity index (χ1) is 9.22. The van der Waals surface area contributed by atoms with Crippen molar-refractivity contribution in [2.45, 2.75) is 19.3 Å². The van der Waals surface area contributed by atoms with Crippen LogP contribution < -0.4 is 9.47 Å². The Morgan fingerprint density at radius 2 is 1.68 bits per heavy atom. The van der Waals surface area contributed by atoms with Gasteiger partial charge in [0.05, 0.1) is 5.02 Å². The second kappa shape index (κ2) is 4.14. The van der Waals surface area contributed by atoms with Crippen molar-refractivity contribution in [3.8, 4) is 11.5 Å². The Bertz CT molecular complexity index is 545. The Labute approximate surface area is 116 Å². The highest BCUT2D eigenvalue weighted by Crippen LogP contribution is 2.55. The van der Waals surface area contributed by atoms with Crippen molar-refractivity contribution >= 4 is 17.4 Å². The average Bonchev–Trinajstić information content (AvgIpc) is 3.03. The number of rotatable bonds is 2. The van der Waals surface area contributed by atoms with Gasteiger partial charge in [0.25, 0.3) is 0 Å². The molecule has 0 amide bonds. The van der Waals surface area contributed by atoms with E-state index in [1.807, 2.05) is 0 Å². The molecule has 3 aliphatic rings. The number of ketones is 1. The first-order valence-corrected chi connectivity index (χ1v) is 7.23. The van der Waals surface area contributed by atoms with Crippen molar-refractivity contribution in [3.05, 3.63) is 22.7 Å². The molecule has 4 rings (SSSR count). The van der Waals surface area contributed by atoms with Crippen molar-refractivity contribution in [2.24, 2.45) is 17.8 Å². The number of carbonyl (C=O) groups is 1. The maximum Gasteiger partial charge on any atom is 0.167 e. The van der Waals surface area contributed by atoms with Crippen LogP contribution in [0.4, 0.5) is 0 Å². The highest BCUT2D eigenvalue weighted by atomic mass is 35.5. The molecular formula is C15H15ClO3. The maximum absolute atomic E-state index is 12.5. The van der Waals surface area contributed by atoms with Gasteiger partial charge < -0.3 is 9.47 Å². The van der Waals surface area contributed by atoms with Gasteiger partial charge >= 0.3 is 0 Å². The van der Waals surface area contributed by atoms with Crippen LogP contribution in [0, 0.1) is 17.8 Å². The van der Waals surface area contributed by atoms with Crippen molar-refractivity contribution in [3.63, 3.8) is 0 Å². The fraction of sp³-hybridized carbons (Fsp3) is 0.533. The molecule has 4 heteroatoms. The number of halogens is 1. The summed E-state index contributed by atoms with van der Waals surface area (Å²) in [6.07, 6.45) is 3.39. The zero-order valence-corrected chi connectivity index (χ0v) is 11.3. The van der Waals surface area contributed by atoms with Crippen LogP contribution in [0.25, 0.3) is 0 Å². The molecule has 2 atom stereocenters. The average molecular weight is 279 g/mol. The summed E-state index contributed by atoms with van der Waals surface area (Å²) >= 11 is 6.23. The molecule has 1 aromatic rings.